The smallest absolute Gasteiger partial charge is 0.256 e. The first-order valence-electron chi connectivity index (χ1n) is 9.82. The molecule has 0 unspecified atom stereocenters. The molecule has 1 fully saturated rings. The fourth-order valence-electron chi connectivity index (χ4n) is 3.45. The van der Waals surface area contributed by atoms with Gasteiger partial charge in [-0.3, -0.25) is 9.69 Å². The number of anilines is 1. The number of likely N-dealkylation sites (tertiary alicyclic amines) is 1. The molecule has 1 saturated heterocycles. The summed E-state index contributed by atoms with van der Waals surface area (Å²) in [4.78, 5) is 14.9. The van der Waals surface area contributed by atoms with Crippen molar-refractivity contribution in [3.05, 3.63) is 24.3 Å². The van der Waals surface area contributed by atoms with Crippen molar-refractivity contribution in [2.45, 2.75) is 64.5 Å². The molecule has 0 spiro atoms. The van der Waals surface area contributed by atoms with Gasteiger partial charge in [0.15, 0.2) is 0 Å². The molecule has 1 aromatic carbocycles. The standard InChI is InChI=1S/C21H34N2O3/c1-5-13-21(3,25-4)20(24)22-18-9-11-19(12-10-18)26-16-15-23-14-7-6-8-17(23)2/h9-12,17H,5-8,13-16H2,1-4H3,(H,22,24)/t17-,21+/m1/s1. The molecule has 1 aliphatic heterocycles. The number of ether oxygens (including phenoxy) is 2. The zero-order valence-electron chi connectivity index (χ0n) is 16.7. The second-order valence-corrected chi connectivity index (χ2v) is 7.39. The number of carbonyl (C=O) groups is 1. The average molecular weight is 363 g/mol. The highest BCUT2D eigenvalue weighted by Crippen LogP contribution is 2.22. The maximum Gasteiger partial charge on any atom is 0.256 e. The Morgan fingerprint density at radius 1 is 1.31 bits per heavy atom. The summed E-state index contributed by atoms with van der Waals surface area (Å²) in [6, 6.07) is 8.21. The van der Waals surface area contributed by atoms with Gasteiger partial charge in [-0.2, -0.15) is 0 Å². The molecule has 1 N–H and O–H groups in total. The Labute approximate surface area is 158 Å². The molecule has 5 heteroatoms. The quantitative estimate of drug-likeness (QED) is 0.719. The van der Waals surface area contributed by atoms with Crippen LogP contribution in [0.15, 0.2) is 24.3 Å². The van der Waals surface area contributed by atoms with Crippen molar-refractivity contribution < 1.29 is 14.3 Å². The third-order valence-corrected chi connectivity index (χ3v) is 5.36. The number of amides is 1. The molecule has 2 atom stereocenters. The number of carbonyl (C=O) groups excluding carboxylic acids is 1. The van der Waals surface area contributed by atoms with E-state index in [2.05, 4.69) is 17.1 Å². The van der Waals surface area contributed by atoms with E-state index in [1.165, 1.54) is 25.8 Å². The van der Waals surface area contributed by atoms with Gasteiger partial charge in [0.25, 0.3) is 5.91 Å². The summed E-state index contributed by atoms with van der Waals surface area (Å²) in [6.07, 6.45) is 5.49. The van der Waals surface area contributed by atoms with Gasteiger partial charge < -0.3 is 14.8 Å². The highest BCUT2D eigenvalue weighted by Gasteiger charge is 2.32. The topological polar surface area (TPSA) is 50.8 Å². The van der Waals surface area contributed by atoms with Crippen molar-refractivity contribution in [1.82, 2.24) is 4.90 Å². The maximum absolute atomic E-state index is 12.4. The lowest BCUT2D eigenvalue weighted by Gasteiger charge is -2.33. The molecule has 1 heterocycles. The van der Waals surface area contributed by atoms with E-state index in [0.717, 1.165) is 24.4 Å². The van der Waals surface area contributed by atoms with Crippen molar-refractivity contribution >= 4 is 11.6 Å². The van der Waals surface area contributed by atoms with Crippen molar-refractivity contribution in [1.29, 1.82) is 0 Å². The van der Waals surface area contributed by atoms with E-state index >= 15 is 0 Å². The Balaban J connectivity index is 1.81. The van der Waals surface area contributed by atoms with Gasteiger partial charge in [0.05, 0.1) is 0 Å². The minimum Gasteiger partial charge on any atom is -0.492 e. The lowest BCUT2D eigenvalue weighted by molar-refractivity contribution is -0.136. The summed E-state index contributed by atoms with van der Waals surface area (Å²) in [5, 5.41) is 2.93. The molecule has 0 bridgehead atoms. The molecule has 0 saturated carbocycles. The summed E-state index contributed by atoms with van der Waals surface area (Å²) in [5.74, 6) is 0.713. The van der Waals surface area contributed by atoms with E-state index in [1.807, 2.05) is 38.1 Å². The normalized spacial score (nSPS) is 20.4. The van der Waals surface area contributed by atoms with Crippen LogP contribution in [0, 0.1) is 0 Å². The zero-order valence-corrected chi connectivity index (χ0v) is 16.7. The number of hydrogen-bond donors (Lipinski definition) is 1. The van der Waals surface area contributed by atoms with E-state index in [9.17, 15) is 4.79 Å². The van der Waals surface area contributed by atoms with E-state index < -0.39 is 5.60 Å². The van der Waals surface area contributed by atoms with Gasteiger partial charge in [-0.05, 0) is 63.9 Å². The van der Waals surface area contributed by atoms with Crippen molar-refractivity contribution in [3.63, 3.8) is 0 Å². The van der Waals surface area contributed by atoms with Crippen molar-refractivity contribution in [2.24, 2.45) is 0 Å². The second kappa shape index (κ2) is 9.93. The molecule has 5 nitrogen and oxygen atoms in total. The van der Waals surface area contributed by atoms with E-state index in [1.54, 1.807) is 7.11 Å². The van der Waals surface area contributed by atoms with Crippen LogP contribution >= 0.6 is 0 Å². The number of nitrogens with zero attached hydrogens (tertiary/aromatic N) is 1. The highest BCUT2D eigenvalue weighted by molar-refractivity contribution is 5.97. The average Bonchev–Trinajstić information content (AvgIpc) is 2.64. The minimum absolute atomic E-state index is 0.116. The number of methoxy groups -OCH3 is 1. The van der Waals surface area contributed by atoms with Gasteiger partial charge in [-0.25, -0.2) is 0 Å². The number of piperidine rings is 1. The van der Waals surface area contributed by atoms with Crippen LogP contribution in [0.2, 0.25) is 0 Å². The predicted octanol–water partition coefficient (Wildman–Crippen LogP) is 4.08. The molecule has 2 rings (SSSR count). The second-order valence-electron chi connectivity index (χ2n) is 7.39. The van der Waals surface area contributed by atoms with Gasteiger partial charge in [0, 0.05) is 25.4 Å². The van der Waals surface area contributed by atoms with Gasteiger partial charge in [0.2, 0.25) is 0 Å². The summed E-state index contributed by atoms with van der Waals surface area (Å²) < 4.78 is 11.3. The number of benzene rings is 1. The first-order chi connectivity index (χ1) is 12.5. The van der Waals surface area contributed by atoms with Crippen molar-refractivity contribution in [3.8, 4) is 5.75 Å². The summed E-state index contributed by atoms with van der Waals surface area (Å²) in [5.41, 5.74) is -0.0407. The summed E-state index contributed by atoms with van der Waals surface area (Å²) >= 11 is 0. The van der Waals surface area contributed by atoms with Crippen LogP contribution in [0.3, 0.4) is 0 Å². The maximum atomic E-state index is 12.4. The Hall–Kier alpha value is -1.59. The van der Waals surface area contributed by atoms with Gasteiger partial charge >= 0.3 is 0 Å². The van der Waals surface area contributed by atoms with Crippen LogP contribution in [0.4, 0.5) is 5.69 Å². The molecule has 1 amide bonds. The zero-order chi connectivity index (χ0) is 19.0. The Kier molecular flexibility index (Phi) is 7.91. The van der Waals surface area contributed by atoms with Crippen LogP contribution in [0.25, 0.3) is 0 Å². The molecule has 1 aliphatic rings. The van der Waals surface area contributed by atoms with Crippen LogP contribution in [-0.2, 0) is 9.53 Å². The monoisotopic (exact) mass is 362 g/mol. The molecular weight excluding hydrogens is 328 g/mol. The Morgan fingerprint density at radius 3 is 2.65 bits per heavy atom. The fraction of sp³-hybridized carbons (Fsp3) is 0.667. The molecule has 1 aromatic rings. The Morgan fingerprint density at radius 2 is 2.04 bits per heavy atom. The summed E-state index contributed by atoms with van der Waals surface area (Å²) in [7, 11) is 1.58. The van der Waals surface area contributed by atoms with Crippen LogP contribution in [0.1, 0.15) is 52.9 Å². The molecule has 0 aliphatic carbocycles. The molecule has 0 aromatic heterocycles. The first-order valence-corrected chi connectivity index (χ1v) is 9.82. The lowest BCUT2D eigenvalue weighted by atomic mass is 9.99. The molecule has 146 valence electrons. The first kappa shape index (κ1) is 20.7. The van der Waals surface area contributed by atoms with E-state index in [0.29, 0.717) is 19.1 Å². The van der Waals surface area contributed by atoms with Gasteiger partial charge in [-0.1, -0.05) is 19.8 Å². The Bertz CT molecular complexity index is 561. The molecule has 26 heavy (non-hydrogen) atoms. The van der Waals surface area contributed by atoms with E-state index in [4.69, 9.17) is 9.47 Å². The summed E-state index contributed by atoms with van der Waals surface area (Å²) in [6.45, 7) is 8.98. The minimum atomic E-state index is -0.797. The number of rotatable bonds is 9. The lowest BCUT2D eigenvalue weighted by Crippen LogP contribution is -2.41. The number of nitrogens with one attached hydrogen (secondary N) is 1. The van der Waals surface area contributed by atoms with Crippen LogP contribution in [0.5, 0.6) is 5.75 Å². The predicted molar refractivity (Wildman–Crippen MR) is 106 cm³/mol. The van der Waals surface area contributed by atoms with Crippen molar-refractivity contribution in [2.75, 3.05) is 32.1 Å². The third kappa shape index (κ3) is 5.71. The SMILES string of the molecule is CCC[C@](C)(OC)C(=O)Nc1ccc(OCCN2CCCC[C@H]2C)cc1. The third-order valence-electron chi connectivity index (χ3n) is 5.36. The molecule has 0 radical (unpaired) electrons. The van der Waals surface area contributed by atoms with Crippen LogP contribution < -0.4 is 10.1 Å². The molecular formula is C21H34N2O3. The van der Waals surface area contributed by atoms with Crippen LogP contribution in [-0.4, -0.2) is 49.3 Å². The largest absolute Gasteiger partial charge is 0.492 e. The number of hydrogen-bond acceptors (Lipinski definition) is 4. The fourth-order valence-corrected chi connectivity index (χ4v) is 3.45. The van der Waals surface area contributed by atoms with E-state index in [-0.39, 0.29) is 5.91 Å². The van der Waals surface area contributed by atoms with Gasteiger partial charge in [0.1, 0.15) is 18.0 Å². The highest BCUT2D eigenvalue weighted by atomic mass is 16.5. The van der Waals surface area contributed by atoms with Gasteiger partial charge in [-0.15, -0.1) is 0 Å².